The van der Waals surface area contributed by atoms with Crippen molar-refractivity contribution in [2.75, 3.05) is 5.32 Å². The first-order valence-electron chi connectivity index (χ1n) is 8.99. The maximum atomic E-state index is 13.4. The third kappa shape index (κ3) is 4.06. The zero-order chi connectivity index (χ0) is 20.2. The van der Waals surface area contributed by atoms with E-state index in [1.807, 2.05) is 37.3 Å². The van der Waals surface area contributed by atoms with Crippen molar-refractivity contribution in [2.45, 2.75) is 20.1 Å². The molecular formula is C21H18FN5O2. The average Bonchev–Trinajstić information content (AvgIpc) is 2.72. The van der Waals surface area contributed by atoms with E-state index in [0.717, 1.165) is 11.8 Å². The first kappa shape index (κ1) is 18.5. The van der Waals surface area contributed by atoms with Crippen LogP contribution in [-0.2, 0) is 13.2 Å². The smallest absolute Gasteiger partial charge is 0.287 e. The van der Waals surface area contributed by atoms with Crippen LogP contribution in [0.25, 0.3) is 11.0 Å². The lowest BCUT2D eigenvalue weighted by atomic mass is 10.2. The van der Waals surface area contributed by atoms with Crippen LogP contribution >= 0.6 is 0 Å². The molecule has 0 fully saturated rings. The number of nitrogens with zero attached hydrogens (tertiary/aromatic N) is 4. The lowest BCUT2D eigenvalue weighted by molar-refractivity contribution is 0.0979. The quantitative estimate of drug-likeness (QED) is 0.544. The molecule has 29 heavy (non-hydrogen) atoms. The maximum absolute atomic E-state index is 13.4. The van der Waals surface area contributed by atoms with Crippen LogP contribution in [0.5, 0.6) is 0 Å². The van der Waals surface area contributed by atoms with Crippen LogP contribution in [0, 0.1) is 12.7 Å². The third-order valence-electron chi connectivity index (χ3n) is 4.39. The summed E-state index contributed by atoms with van der Waals surface area (Å²) >= 11 is 0. The van der Waals surface area contributed by atoms with E-state index in [-0.39, 0.29) is 12.2 Å². The van der Waals surface area contributed by atoms with Crippen LogP contribution in [-0.4, -0.2) is 19.7 Å². The second-order valence-electron chi connectivity index (χ2n) is 6.47. The number of hydrogen-bond acceptors (Lipinski definition) is 6. The number of benzene rings is 1. The molecule has 0 bridgehead atoms. The second kappa shape index (κ2) is 8.05. The highest BCUT2D eigenvalue weighted by Crippen LogP contribution is 2.22. The zero-order valence-electron chi connectivity index (χ0n) is 15.7. The number of fused-ring (bicyclic) bond motifs is 1. The van der Waals surface area contributed by atoms with E-state index in [1.54, 1.807) is 6.20 Å². The largest absolute Gasteiger partial charge is 0.404 e. The monoisotopic (exact) mass is 391 g/mol. The lowest BCUT2D eigenvalue weighted by Crippen LogP contribution is -2.28. The van der Waals surface area contributed by atoms with Gasteiger partial charge in [0, 0.05) is 18.8 Å². The van der Waals surface area contributed by atoms with E-state index in [1.165, 1.54) is 23.2 Å². The highest BCUT2D eigenvalue weighted by Gasteiger charge is 2.14. The van der Waals surface area contributed by atoms with Gasteiger partial charge < -0.3 is 10.2 Å². The van der Waals surface area contributed by atoms with E-state index >= 15 is 0 Å². The summed E-state index contributed by atoms with van der Waals surface area (Å²) in [5.41, 5.74) is 2.81. The molecule has 0 unspecified atom stereocenters. The Hall–Kier alpha value is -3.81. The van der Waals surface area contributed by atoms with Crippen molar-refractivity contribution in [1.29, 1.82) is 0 Å². The number of aryl methyl sites for hydroxylation is 1. The summed E-state index contributed by atoms with van der Waals surface area (Å²) in [7, 11) is 0. The predicted molar refractivity (Wildman–Crippen MR) is 107 cm³/mol. The molecule has 0 amide bonds. The van der Waals surface area contributed by atoms with Crippen LogP contribution in [0.15, 0.2) is 66.0 Å². The maximum Gasteiger partial charge on any atom is 0.287 e. The van der Waals surface area contributed by atoms with Crippen LogP contribution in [0.4, 0.5) is 10.1 Å². The van der Waals surface area contributed by atoms with Gasteiger partial charge >= 0.3 is 0 Å². The van der Waals surface area contributed by atoms with Crippen molar-refractivity contribution in [2.24, 2.45) is 0 Å². The number of nitrogens with one attached hydrogen (secondary N) is 1. The minimum atomic E-state index is -0.418. The molecule has 8 heteroatoms. The lowest BCUT2D eigenvalue weighted by Gasteiger charge is -2.15. The molecule has 4 aromatic rings. The summed E-state index contributed by atoms with van der Waals surface area (Å²) in [6.07, 6.45) is 4.09. The summed E-state index contributed by atoms with van der Waals surface area (Å²) in [4.78, 5) is 30.8. The summed E-state index contributed by atoms with van der Waals surface area (Å²) in [6.45, 7) is 2.34. The molecule has 3 aromatic heterocycles. The molecule has 0 aliphatic carbocycles. The Balaban J connectivity index is 1.68. The number of pyridine rings is 2. The van der Waals surface area contributed by atoms with Crippen LogP contribution < -0.4 is 15.7 Å². The summed E-state index contributed by atoms with van der Waals surface area (Å²) in [5, 5.41) is 3.82. The molecule has 0 aliphatic heterocycles. The number of rotatable bonds is 6. The average molecular weight is 391 g/mol. The molecule has 1 N–H and O–H groups in total. The molecule has 3 heterocycles. The molecule has 146 valence electrons. The van der Waals surface area contributed by atoms with Gasteiger partial charge in [0.2, 0.25) is 0 Å². The summed E-state index contributed by atoms with van der Waals surface area (Å²) in [6, 6.07) is 12.4. The highest BCUT2D eigenvalue weighted by molar-refractivity contribution is 5.90. The van der Waals surface area contributed by atoms with Gasteiger partial charge in [0.15, 0.2) is 5.65 Å². The van der Waals surface area contributed by atoms with Gasteiger partial charge in [0.25, 0.3) is 5.56 Å². The van der Waals surface area contributed by atoms with Crippen molar-refractivity contribution in [1.82, 2.24) is 19.7 Å². The number of anilines is 1. The van der Waals surface area contributed by atoms with Crippen LogP contribution in [0.2, 0.25) is 0 Å². The standard InChI is InChI=1S/C21H18FN5O2/c1-14-20-18(24-10-16-7-17(22)11-23-9-16)8-19(28)27(21(20)26-13-25-14)29-12-15-5-3-2-4-6-15/h2-9,11,13,24H,10,12H2,1H3. The second-order valence-corrected chi connectivity index (χ2v) is 6.47. The summed E-state index contributed by atoms with van der Waals surface area (Å²) in [5.74, 6) is -0.418. The normalized spacial score (nSPS) is 10.8. The van der Waals surface area contributed by atoms with E-state index < -0.39 is 5.82 Å². The summed E-state index contributed by atoms with van der Waals surface area (Å²) < 4.78 is 14.5. The van der Waals surface area contributed by atoms with Gasteiger partial charge in [-0.15, -0.1) is 4.73 Å². The van der Waals surface area contributed by atoms with Gasteiger partial charge in [-0.05, 0) is 24.1 Å². The van der Waals surface area contributed by atoms with Crippen molar-refractivity contribution in [3.05, 3.63) is 94.2 Å². The van der Waals surface area contributed by atoms with Crippen LogP contribution in [0.1, 0.15) is 16.8 Å². The van der Waals surface area contributed by atoms with E-state index in [2.05, 4.69) is 20.3 Å². The zero-order valence-corrected chi connectivity index (χ0v) is 15.7. The van der Waals surface area contributed by atoms with Gasteiger partial charge in [-0.3, -0.25) is 9.78 Å². The Morgan fingerprint density at radius 1 is 1.10 bits per heavy atom. The van der Waals surface area contributed by atoms with Crippen LogP contribution in [0.3, 0.4) is 0 Å². The number of halogens is 1. The first-order valence-corrected chi connectivity index (χ1v) is 8.99. The molecule has 4 rings (SSSR count). The Kier molecular flexibility index (Phi) is 5.15. The first-order chi connectivity index (χ1) is 14.1. The fraction of sp³-hybridized carbons (Fsp3) is 0.143. The SMILES string of the molecule is Cc1ncnc2c1c(NCc1cncc(F)c1)cc(=O)n2OCc1ccccc1. The molecule has 0 saturated carbocycles. The van der Waals surface area contributed by atoms with Crippen molar-refractivity contribution >= 4 is 16.7 Å². The molecular weight excluding hydrogens is 373 g/mol. The Morgan fingerprint density at radius 3 is 2.72 bits per heavy atom. The van der Waals surface area contributed by atoms with Gasteiger partial charge in [0.05, 0.1) is 23.0 Å². The fourth-order valence-electron chi connectivity index (χ4n) is 3.02. The fourth-order valence-corrected chi connectivity index (χ4v) is 3.02. The molecule has 7 nitrogen and oxygen atoms in total. The topological polar surface area (TPSA) is 81.9 Å². The number of hydrogen-bond donors (Lipinski definition) is 1. The highest BCUT2D eigenvalue weighted by atomic mass is 19.1. The third-order valence-corrected chi connectivity index (χ3v) is 4.39. The van der Waals surface area contributed by atoms with Crippen molar-refractivity contribution in [3.8, 4) is 0 Å². The van der Waals surface area contributed by atoms with Crippen molar-refractivity contribution < 1.29 is 9.23 Å². The van der Waals surface area contributed by atoms with Gasteiger partial charge in [-0.1, -0.05) is 30.3 Å². The predicted octanol–water partition coefficient (Wildman–Crippen LogP) is 2.87. The minimum absolute atomic E-state index is 0.223. The minimum Gasteiger partial charge on any atom is -0.404 e. The molecule has 1 aromatic carbocycles. The molecule has 0 radical (unpaired) electrons. The van der Waals surface area contributed by atoms with Gasteiger partial charge in [-0.2, -0.15) is 0 Å². The van der Waals surface area contributed by atoms with Crippen molar-refractivity contribution in [3.63, 3.8) is 0 Å². The molecule has 0 aliphatic rings. The van der Waals surface area contributed by atoms with Gasteiger partial charge in [-0.25, -0.2) is 14.4 Å². The number of aromatic nitrogens is 4. The van der Waals surface area contributed by atoms with Gasteiger partial charge in [0.1, 0.15) is 18.8 Å². The molecule has 0 spiro atoms. The molecule has 0 saturated heterocycles. The Bertz CT molecular complexity index is 1210. The molecule has 0 atom stereocenters. The van der Waals surface area contributed by atoms with E-state index in [9.17, 15) is 9.18 Å². The van der Waals surface area contributed by atoms with E-state index in [0.29, 0.717) is 34.5 Å². The Labute approximate surface area is 165 Å². The van der Waals surface area contributed by atoms with E-state index in [4.69, 9.17) is 4.84 Å². The Morgan fingerprint density at radius 2 is 1.93 bits per heavy atom.